The van der Waals surface area contributed by atoms with Gasteiger partial charge in [0.2, 0.25) is 5.91 Å². The van der Waals surface area contributed by atoms with E-state index in [1.54, 1.807) is 46.2 Å². The molecule has 39 heavy (non-hydrogen) atoms. The number of benzene rings is 1. The van der Waals surface area contributed by atoms with Gasteiger partial charge in [-0.25, -0.2) is 0 Å². The van der Waals surface area contributed by atoms with Crippen molar-refractivity contribution < 1.29 is 29.0 Å². The number of aliphatic hydroxyl groups excluding tert-OH is 1. The fourth-order valence-corrected chi connectivity index (χ4v) is 6.85. The molecular weight excluding hydrogens is 520 g/mol. The maximum atomic E-state index is 14.5. The van der Waals surface area contributed by atoms with Crippen LogP contribution in [0.5, 0.6) is 0 Å². The van der Waals surface area contributed by atoms with Gasteiger partial charge in [0, 0.05) is 30.4 Å². The highest BCUT2D eigenvalue weighted by molar-refractivity contribution is 6.30. The molecule has 3 unspecified atom stereocenters. The fourth-order valence-electron chi connectivity index (χ4n) is 6.72. The van der Waals surface area contributed by atoms with Crippen LogP contribution in [0, 0.1) is 17.8 Å². The third-order valence-corrected chi connectivity index (χ3v) is 8.87. The third-order valence-electron chi connectivity index (χ3n) is 8.62. The van der Waals surface area contributed by atoms with E-state index in [-0.39, 0.29) is 44.0 Å². The predicted octanol–water partition coefficient (Wildman–Crippen LogP) is 4.15. The summed E-state index contributed by atoms with van der Waals surface area (Å²) in [6.07, 6.45) is 6.23. The molecule has 0 aliphatic carbocycles. The zero-order chi connectivity index (χ0) is 28.4. The smallest absolute Gasteiger partial charge is 0.312 e. The number of hydrogen-bond acceptors (Lipinski definition) is 6. The van der Waals surface area contributed by atoms with E-state index >= 15 is 0 Å². The highest BCUT2D eigenvalue weighted by Gasteiger charge is 2.80. The standard InChI is InChI=1S/C30H39ClN2O6/c1-5-7-10-18-38-28(37)24-23-26(35)33(16-8-9-17-34)25(30(23)19-20(3)29(24,4)39-30)27(36)32(15-6-2)22-13-11-21(31)12-14-22/h5-6,11-14,20,23-25,34H,1-2,7-10,15-19H2,3-4H3/t20?,23-,24-,25?,29+,30?/m0/s1. The summed E-state index contributed by atoms with van der Waals surface area (Å²) in [5.74, 6) is -2.76. The Balaban J connectivity index is 1.75. The summed E-state index contributed by atoms with van der Waals surface area (Å²) in [6, 6.07) is 5.99. The summed E-state index contributed by atoms with van der Waals surface area (Å²) in [4.78, 5) is 45.3. The van der Waals surface area contributed by atoms with Crippen molar-refractivity contribution in [3.63, 3.8) is 0 Å². The average Bonchev–Trinajstić information content (AvgIpc) is 3.42. The molecule has 1 spiro atoms. The maximum absolute atomic E-state index is 14.5. The first-order chi connectivity index (χ1) is 18.7. The molecule has 2 amide bonds. The number of ether oxygens (including phenoxy) is 2. The van der Waals surface area contributed by atoms with Crippen LogP contribution >= 0.6 is 11.6 Å². The minimum Gasteiger partial charge on any atom is -0.465 e. The molecule has 6 atom stereocenters. The number of hydrogen-bond donors (Lipinski definition) is 1. The number of carbonyl (C=O) groups is 3. The number of aliphatic hydroxyl groups is 1. The van der Waals surface area contributed by atoms with Gasteiger partial charge in [-0.1, -0.05) is 30.7 Å². The van der Waals surface area contributed by atoms with Crippen LogP contribution in [0.3, 0.4) is 0 Å². The molecule has 1 aromatic carbocycles. The number of amides is 2. The molecule has 212 valence electrons. The lowest BCUT2D eigenvalue weighted by atomic mass is 9.62. The largest absolute Gasteiger partial charge is 0.465 e. The van der Waals surface area contributed by atoms with Crippen molar-refractivity contribution in [2.24, 2.45) is 17.8 Å². The topological polar surface area (TPSA) is 96.4 Å². The Bertz CT molecular complexity index is 1110. The summed E-state index contributed by atoms with van der Waals surface area (Å²) in [6.45, 7) is 12.1. The Labute approximate surface area is 235 Å². The zero-order valence-corrected chi connectivity index (χ0v) is 23.6. The van der Waals surface area contributed by atoms with Crippen molar-refractivity contribution in [3.8, 4) is 0 Å². The summed E-state index contributed by atoms with van der Waals surface area (Å²) >= 11 is 6.10. The van der Waals surface area contributed by atoms with Gasteiger partial charge < -0.3 is 24.4 Å². The Morgan fingerprint density at radius 3 is 2.59 bits per heavy atom. The molecule has 3 saturated heterocycles. The second-order valence-electron chi connectivity index (χ2n) is 11.0. The van der Waals surface area contributed by atoms with Crippen molar-refractivity contribution >= 4 is 35.1 Å². The number of esters is 1. The van der Waals surface area contributed by atoms with Gasteiger partial charge in [-0.15, -0.1) is 13.2 Å². The second kappa shape index (κ2) is 11.8. The van der Waals surface area contributed by atoms with E-state index < -0.39 is 35.0 Å². The number of likely N-dealkylation sites (tertiary alicyclic amines) is 1. The van der Waals surface area contributed by atoms with Gasteiger partial charge in [0.25, 0.3) is 5.91 Å². The lowest BCUT2D eigenvalue weighted by Gasteiger charge is -2.37. The van der Waals surface area contributed by atoms with E-state index in [0.29, 0.717) is 42.8 Å². The molecule has 2 bridgehead atoms. The van der Waals surface area contributed by atoms with Crippen LogP contribution in [-0.4, -0.2) is 71.3 Å². The number of allylic oxidation sites excluding steroid dienone is 1. The maximum Gasteiger partial charge on any atom is 0.312 e. The van der Waals surface area contributed by atoms with Gasteiger partial charge >= 0.3 is 5.97 Å². The van der Waals surface area contributed by atoms with E-state index in [2.05, 4.69) is 13.2 Å². The summed E-state index contributed by atoms with van der Waals surface area (Å²) in [5, 5.41) is 9.93. The molecule has 1 aromatic rings. The molecule has 8 nitrogen and oxygen atoms in total. The molecule has 3 aliphatic rings. The third kappa shape index (κ3) is 5.03. The number of unbranched alkanes of at least 4 members (excludes halogenated alkanes) is 2. The minimum absolute atomic E-state index is 0.0200. The van der Waals surface area contributed by atoms with Gasteiger partial charge in [0.05, 0.1) is 18.1 Å². The van der Waals surface area contributed by atoms with Crippen molar-refractivity contribution in [3.05, 3.63) is 54.6 Å². The predicted molar refractivity (Wildman–Crippen MR) is 149 cm³/mol. The van der Waals surface area contributed by atoms with E-state index in [1.165, 1.54) is 0 Å². The van der Waals surface area contributed by atoms with E-state index in [4.69, 9.17) is 21.1 Å². The Kier molecular flexibility index (Phi) is 8.88. The summed E-state index contributed by atoms with van der Waals surface area (Å²) in [7, 11) is 0. The molecule has 9 heteroatoms. The van der Waals surface area contributed by atoms with Gasteiger partial charge in [-0.3, -0.25) is 14.4 Å². The molecule has 3 aliphatic heterocycles. The van der Waals surface area contributed by atoms with Crippen molar-refractivity contribution in [2.75, 3.05) is 31.2 Å². The Hall–Kier alpha value is -2.68. The average molecular weight is 559 g/mol. The van der Waals surface area contributed by atoms with Gasteiger partial charge in [0.1, 0.15) is 17.6 Å². The van der Waals surface area contributed by atoms with Crippen LogP contribution in [0.1, 0.15) is 46.0 Å². The molecular formula is C30H39ClN2O6. The van der Waals surface area contributed by atoms with Crippen LogP contribution < -0.4 is 4.90 Å². The zero-order valence-electron chi connectivity index (χ0n) is 22.8. The van der Waals surface area contributed by atoms with Crippen LogP contribution in [0.4, 0.5) is 5.69 Å². The summed E-state index contributed by atoms with van der Waals surface area (Å²) < 4.78 is 12.4. The lowest BCUT2D eigenvalue weighted by molar-refractivity contribution is -0.161. The molecule has 0 saturated carbocycles. The lowest BCUT2D eigenvalue weighted by Crippen LogP contribution is -2.57. The SMILES string of the molecule is C=CCCCOC(=O)[C@@H]1[C@H]2C(=O)N(CCCCO)C(C(=O)N(CC=C)c3ccc(Cl)cc3)C23CC(C)[C@@]1(C)O3. The number of halogens is 1. The van der Waals surface area contributed by atoms with Gasteiger partial charge in [0.15, 0.2) is 0 Å². The number of rotatable bonds is 13. The number of anilines is 1. The number of fused-ring (bicyclic) bond motifs is 1. The van der Waals surface area contributed by atoms with Gasteiger partial charge in [-0.05, 0) is 69.2 Å². The first-order valence-electron chi connectivity index (χ1n) is 13.7. The number of nitrogens with zero attached hydrogens (tertiary/aromatic N) is 2. The van der Waals surface area contributed by atoms with Crippen LogP contribution in [0.15, 0.2) is 49.6 Å². The van der Waals surface area contributed by atoms with Crippen LogP contribution in [0.2, 0.25) is 5.02 Å². The first-order valence-corrected chi connectivity index (χ1v) is 14.1. The van der Waals surface area contributed by atoms with Crippen molar-refractivity contribution in [1.82, 2.24) is 4.90 Å². The normalized spacial score (nSPS) is 30.8. The molecule has 3 heterocycles. The summed E-state index contributed by atoms with van der Waals surface area (Å²) in [5.41, 5.74) is -1.48. The highest BCUT2D eigenvalue weighted by atomic mass is 35.5. The quantitative estimate of drug-likeness (QED) is 0.222. The Morgan fingerprint density at radius 2 is 1.95 bits per heavy atom. The van der Waals surface area contributed by atoms with Crippen LogP contribution in [0.25, 0.3) is 0 Å². The second-order valence-corrected chi connectivity index (χ2v) is 11.4. The van der Waals surface area contributed by atoms with E-state index in [0.717, 1.165) is 0 Å². The van der Waals surface area contributed by atoms with Crippen LogP contribution in [-0.2, 0) is 23.9 Å². The Morgan fingerprint density at radius 1 is 1.23 bits per heavy atom. The highest BCUT2D eigenvalue weighted by Crippen LogP contribution is 2.65. The monoisotopic (exact) mass is 558 g/mol. The fraction of sp³-hybridized carbons (Fsp3) is 0.567. The molecule has 0 aromatic heterocycles. The van der Waals surface area contributed by atoms with E-state index in [1.807, 2.05) is 13.8 Å². The molecule has 0 radical (unpaired) electrons. The van der Waals surface area contributed by atoms with E-state index in [9.17, 15) is 19.5 Å². The molecule has 1 N–H and O–H groups in total. The van der Waals surface area contributed by atoms with Crippen molar-refractivity contribution in [1.29, 1.82) is 0 Å². The first kappa shape index (κ1) is 29.3. The minimum atomic E-state index is -1.17. The number of carbonyl (C=O) groups excluding carboxylic acids is 3. The molecule has 3 fully saturated rings. The van der Waals surface area contributed by atoms with Gasteiger partial charge in [-0.2, -0.15) is 0 Å². The van der Waals surface area contributed by atoms with Crippen molar-refractivity contribution in [2.45, 2.75) is 63.2 Å². The molecule has 4 rings (SSSR count).